The molecule has 0 aliphatic carbocycles. The molecule has 0 aliphatic heterocycles. The molecular formula is C20H16ClN3O2. The summed E-state index contributed by atoms with van der Waals surface area (Å²) in [6.07, 6.45) is 1.79. The summed E-state index contributed by atoms with van der Waals surface area (Å²) in [6.45, 7) is 0.391. The van der Waals surface area contributed by atoms with E-state index >= 15 is 0 Å². The number of imidazole rings is 1. The first-order valence-corrected chi connectivity index (χ1v) is 8.47. The standard InChI is InChI=1S/C20H16ClN3O2/c1-25-17-7-3-5-15(11-17)18-12-22-19-8-9-20(23-24(18)19)26-13-14-4-2-6-16(21)10-14/h2-12H,13H2,1H3. The maximum Gasteiger partial charge on any atom is 0.232 e. The van der Waals surface area contributed by atoms with Crippen molar-refractivity contribution in [1.29, 1.82) is 0 Å². The molecule has 5 nitrogen and oxygen atoms in total. The highest BCUT2D eigenvalue weighted by Crippen LogP contribution is 2.25. The molecule has 26 heavy (non-hydrogen) atoms. The third kappa shape index (κ3) is 3.34. The molecule has 4 rings (SSSR count). The Balaban J connectivity index is 1.64. The summed E-state index contributed by atoms with van der Waals surface area (Å²) in [4.78, 5) is 4.41. The lowest BCUT2D eigenvalue weighted by molar-refractivity contribution is 0.289. The van der Waals surface area contributed by atoms with Gasteiger partial charge in [0, 0.05) is 16.7 Å². The van der Waals surface area contributed by atoms with E-state index < -0.39 is 0 Å². The molecule has 6 heteroatoms. The quantitative estimate of drug-likeness (QED) is 0.517. The van der Waals surface area contributed by atoms with E-state index in [1.165, 1.54) is 0 Å². The van der Waals surface area contributed by atoms with E-state index in [0.717, 1.165) is 28.2 Å². The Hall–Kier alpha value is -3.05. The van der Waals surface area contributed by atoms with Crippen LogP contribution in [0.2, 0.25) is 5.02 Å². The van der Waals surface area contributed by atoms with E-state index in [1.807, 2.05) is 60.7 Å². The minimum Gasteiger partial charge on any atom is -0.497 e. The lowest BCUT2D eigenvalue weighted by Gasteiger charge is -2.08. The second kappa shape index (κ2) is 7.06. The number of hydrogen-bond acceptors (Lipinski definition) is 4. The Kier molecular flexibility index (Phi) is 4.46. The van der Waals surface area contributed by atoms with Crippen LogP contribution in [-0.4, -0.2) is 21.7 Å². The third-order valence-electron chi connectivity index (χ3n) is 3.98. The van der Waals surface area contributed by atoms with Gasteiger partial charge in [0.1, 0.15) is 12.4 Å². The lowest BCUT2D eigenvalue weighted by Crippen LogP contribution is -2.01. The number of benzene rings is 2. The van der Waals surface area contributed by atoms with E-state index in [0.29, 0.717) is 17.5 Å². The fraction of sp³-hybridized carbons (Fsp3) is 0.100. The molecule has 0 N–H and O–H groups in total. The highest BCUT2D eigenvalue weighted by molar-refractivity contribution is 6.30. The molecular weight excluding hydrogens is 350 g/mol. The number of aromatic nitrogens is 3. The summed E-state index contributed by atoms with van der Waals surface area (Å²) >= 11 is 6.01. The predicted octanol–water partition coefficient (Wildman–Crippen LogP) is 4.64. The van der Waals surface area contributed by atoms with Crippen molar-refractivity contribution in [3.05, 3.63) is 77.4 Å². The zero-order chi connectivity index (χ0) is 17.9. The number of hydrogen-bond donors (Lipinski definition) is 0. The van der Waals surface area contributed by atoms with E-state index in [9.17, 15) is 0 Å². The molecule has 0 aliphatic rings. The monoisotopic (exact) mass is 365 g/mol. The average Bonchev–Trinajstić information content (AvgIpc) is 3.10. The highest BCUT2D eigenvalue weighted by atomic mass is 35.5. The molecule has 0 atom stereocenters. The van der Waals surface area contributed by atoms with Crippen LogP contribution >= 0.6 is 11.6 Å². The molecule has 0 fully saturated rings. The van der Waals surface area contributed by atoms with E-state index in [-0.39, 0.29) is 0 Å². The predicted molar refractivity (Wildman–Crippen MR) is 101 cm³/mol. The largest absolute Gasteiger partial charge is 0.497 e. The number of rotatable bonds is 5. The van der Waals surface area contributed by atoms with Crippen LogP contribution in [0.4, 0.5) is 0 Å². The van der Waals surface area contributed by atoms with Crippen LogP contribution in [0, 0.1) is 0 Å². The van der Waals surface area contributed by atoms with Crippen LogP contribution < -0.4 is 9.47 Å². The van der Waals surface area contributed by atoms with Crippen molar-refractivity contribution in [3.8, 4) is 22.9 Å². The van der Waals surface area contributed by atoms with Crippen molar-refractivity contribution < 1.29 is 9.47 Å². The van der Waals surface area contributed by atoms with Crippen LogP contribution in [0.15, 0.2) is 66.9 Å². The molecule has 0 unspecified atom stereocenters. The van der Waals surface area contributed by atoms with Gasteiger partial charge in [0.2, 0.25) is 5.88 Å². The smallest absolute Gasteiger partial charge is 0.232 e. The van der Waals surface area contributed by atoms with E-state index in [2.05, 4.69) is 10.1 Å². The first kappa shape index (κ1) is 16.4. The molecule has 0 amide bonds. The molecule has 2 aromatic heterocycles. The number of nitrogens with zero attached hydrogens (tertiary/aromatic N) is 3. The van der Waals surface area contributed by atoms with Gasteiger partial charge in [0.05, 0.1) is 19.0 Å². The van der Waals surface area contributed by atoms with Crippen LogP contribution in [0.1, 0.15) is 5.56 Å². The molecule has 0 bridgehead atoms. The van der Waals surface area contributed by atoms with Crippen molar-refractivity contribution in [2.24, 2.45) is 0 Å². The van der Waals surface area contributed by atoms with Crippen molar-refractivity contribution >= 4 is 17.2 Å². The number of halogens is 1. The summed E-state index contributed by atoms with van der Waals surface area (Å²) in [5, 5.41) is 5.25. The first-order chi connectivity index (χ1) is 12.7. The summed E-state index contributed by atoms with van der Waals surface area (Å²) in [6, 6.07) is 19.0. The van der Waals surface area contributed by atoms with Crippen LogP contribution in [-0.2, 0) is 6.61 Å². The van der Waals surface area contributed by atoms with Crippen molar-refractivity contribution in [3.63, 3.8) is 0 Å². The number of methoxy groups -OCH3 is 1. The fourth-order valence-corrected chi connectivity index (χ4v) is 2.91. The summed E-state index contributed by atoms with van der Waals surface area (Å²) in [5.41, 5.74) is 3.57. The Morgan fingerprint density at radius 1 is 1.04 bits per heavy atom. The maximum atomic E-state index is 6.01. The van der Waals surface area contributed by atoms with Gasteiger partial charge in [-0.05, 0) is 35.9 Å². The van der Waals surface area contributed by atoms with Gasteiger partial charge in [0.25, 0.3) is 0 Å². The molecule has 0 spiro atoms. The highest BCUT2D eigenvalue weighted by Gasteiger charge is 2.09. The van der Waals surface area contributed by atoms with E-state index in [4.69, 9.17) is 21.1 Å². The van der Waals surface area contributed by atoms with Crippen molar-refractivity contribution in [2.45, 2.75) is 6.61 Å². The van der Waals surface area contributed by atoms with Gasteiger partial charge in [-0.3, -0.25) is 0 Å². The maximum absolute atomic E-state index is 6.01. The summed E-state index contributed by atoms with van der Waals surface area (Å²) in [5.74, 6) is 1.30. The van der Waals surface area contributed by atoms with Gasteiger partial charge < -0.3 is 9.47 Å². The third-order valence-corrected chi connectivity index (χ3v) is 4.21. The minimum absolute atomic E-state index is 0.391. The van der Waals surface area contributed by atoms with Crippen molar-refractivity contribution in [1.82, 2.24) is 14.6 Å². The van der Waals surface area contributed by atoms with Crippen molar-refractivity contribution in [2.75, 3.05) is 7.11 Å². The van der Waals surface area contributed by atoms with Gasteiger partial charge in [-0.15, -0.1) is 5.10 Å². The Morgan fingerprint density at radius 3 is 2.77 bits per heavy atom. The lowest BCUT2D eigenvalue weighted by atomic mass is 10.1. The average molecular weight is 366 g/mol. The van der Waals surface area contributed by atoms with Crippen LogP contribution in [0.3, 0.4) is 0 Å². The Bertz CT molecular complexity index is 1060. The van der Waals surface area contributed by atoms with Gasteiger partial charge in [-0.25, -0.2) is 9.50 Å². The molecule has 2 heterocycles. The first-order valence-electron chi connectivity index (χ1n) is 8.09. The number of fused-ring (bicyclic) bond motifs is 1. The van der Waals surface area contributed by atoms with Crippen LogP contribution in [0.5, 0.6) is 11.6 Å². The Morgan fingerprint density at radius 2 is 1.92 bits per heavy atom. The van der Waals surface area contributed by atoms with E-state index in [1.54, 1.807) is 17.8 Å². The molecule has 0 radical (unpaired) electrons. The summed E-state index contributed by atoms with van der Waals surface area (Å²) < 4.78 is 12.9. The molecule has 130 valence electrons. The second-order valence-corrected chi connectivity index (χ2v) is 6.17. The van der Waals surface area contributed by atoms with Gasteiger partial charge in [-0.2, -0.15) is 0 Å². The van der Waals surface area contributed by atoms with Gasteiger partial charge in [0.15, 0.2) is 5.65 Å². The van der Waals surface area contributed by atoms with Gasteiger partial charge >= 0.3 is 0 Å². The minimum atomic E-state index is 0.391. The zero-order valence-corrected chi connectivity index (χ0v) is 14.8. The topological polar surface area (TPSA) is 48.7 Å². The van der Waals surface area contributed by atoms with Crippen LogP contribution in [0.25, 0.3) is 16.9 Å². The normalized spacial score (nSPS) is 10.8. The molecule has 4 aromatic rings. The fourth-order valence-electron chi connectivity index (χ4n) is 2.70. The summed E-state index contributed by atoms with van der Waals surface area (Å²) in [7, 11) is 1.65. The number of ether oxygens (including phenoxy) is 2. The molecule has 2 aromatic carbocycles. The SMILES string of the molecule is COc1cccc(-c2cnc3ccc(OCc4cccc(Cl)c4)nn23)c1. The second-order valence-electron chi connectivity index (χ2n) is 5.74. The Labute approximate surface area is 155 Å². The molecule has 0 saturated heterocycles. The molecule has 0 saturated carbocycles. The zero-order valence-electron chi connectivity index (χ0n) is 14.1. The van der Waals surface area contributed by atoms with Gasteiger partial charge in [-0.1, -0.05) is 35.9 Å².